The van der Waals surface area contributed by atoms with Crippen LogP contribution in [0.1, 0.15) is 83.1 Å². The van der Waals surface area contributed by atoms with Crippen molar-refractivity contribution in [2.45, 2.75) is 92.6 Å². The Morgan fingerprint density at radius 1 is 1.28 bits per heavy atom. The molecule has 2 aliphatic carbocycles. The molecule has 1 aromatic rings. The summed E-state index contributed by atoms with van der Waals surface area (Å²) in [5.74, 6) is 1.48. The summed E-state index contributed by atoms with van der Waals surface area (Å²) in [5, 5.41) is 11.2. The minimum Gasteiger partial charge on any atom is -0.468 e. The highest BCUT2D eigenvalue weighted by Crippen LogP contribution is 2.62. The topological polar surface area (TPSA) is 59.7 Å². The van der Waals surface area contributed by atoms with E-state index in [4.69, 9.17) is 9.15 Å². The van der Waals surface area contributed by atoms with Crippen LogP contribution in [0, 0.1) is 36.5 Å². The molecule has 2 aliphatic rings. The van der Waals surface area contributed by atoms with Crippen molar-refractivity contribution in [3.63, 3.8) is 0 Å². The monoisotopic (exact) mass is 442 g/mol. The second-order valence-corrected chi connectivity index (χ2v) is 11.0. The lowest BCUT2D eigenvalue weighted by molar-refractivity contribution is -0.136. The molecule has 4 nitrogen and oxygen atoms in total. The fourth-order valence-electron chi connectivity index (χ4n) is 6.68. The van der Waals surface area contributed by atoms with E-state index in [-0.39, 0.29) is 28.3 Å². The van der Waals surface area contributed by atoms with Gasteiger partial charge in [0, 0.05) is 5.56 Å². The van der Waals surface area contributed by atoms with Crippen molar-refractivity contribution in [3.8, 4) is 5.95 Å². The van der Waals surface area contributed by atoms with Gasteiger partial charge in [0.05, 0.1) is 18.8 Å². The first-order valence-electron chi connectivity index (χ1n) is 12.1. The van der Waals surface area contributed by atoms with Crippen LogP contribution >= 0.6 is 0 Å². The Labute approximate surface area is 193 Å². The fourth-order valence-corrected chi connectivity index (χ4v) is 6.68. The quantitative estimate of drug-likeness (QED) is 0.525. The molecule has 1 heterocycles. The van der Waals surface area contributed by atoms with Crippen LogP contribution < -0.4 is 10.2 Å². The zero-order chi connectivity index (χ0) is 23.8. The van der Waals surface area contributed by atoms with Gasteiger partial charge in [0.15, 0.2) is 5.43 Å². The van der Waals surface area contributed by atoms with Crippen LogP contribution in [-0.4, -0.2) is 18.3 Å². The summed E-state index contributed by atoms with van der Waals surface area (Å²) >= 11 is 0. The lowest BCUT2D eigenvalue weighted by Crippen LogP contribution is -2.56. The third-order valence-corrected chi connectivity index (χ3v) is 8.82. The number of hydrogen-bond donors (Lipinski definition) is 1. The van der Waals surface area contributed by atoms with Crippen molar-refractivity contribution >= 4 is 0 Å². The third kappa shape index (κ3) is 4.23. The molecule has 1 aromatic heterocycles. The summed E-state index contributed by atoms with van der Waals surface area (Å²) < 4.78 is 11.3. The van der Waals surface area contributed by atoms with Crippen LogP contribution in [0.15, 0.2) is 33.0 Å². The summed E-state index contributed by atoms with van der Waals surface area (Å²) in [7, 11) is 1.56. The van der Waals surface area contributed by atoms with E-state index in [0.29, 0.717) is 35.2 Å². The van der Waals surface area contributed by atoms with Crippen molar-refractivity contribution in [1.82, 2.24) is 0 Å². The predicted molar refractivity (Wildman–Crippen MR) is 130 cm³/mol. The summed E-state index contributed by atoms with van der Waals surface area (Å²) in [5.41, 5.74) is 3.67. The Bertz CT molecular complexity index is 951. The maximum Gasteiger partial charge on any atom is 0.291 e. The van der Waals surface area contributed by atoms with E-state index >= 15 is 0 Å². The molecular weight excluding hydrogens is 400 g/mol. The average molecular weight is 443 g/mol. The minimum atomic E-state index is -0.292. The Kier molecular flexibility index (Phi) is 7.14. The summed E-state index contributed by atoms with van der Waals surface area (Å²) in [6, 6.07) is 0. The van der Waals surface area contributed by atoms with Crippen molar-refractivity contribution in [3.05, 3.63) is 50.9 Å². The van der Waals surface area contributed by atoms with E-state index in [9.17, 15) is 9.90 Å². The van der Waals surface area contributed by atoms with E-state index in [1.54, 1.807) is 14.0 Å². The van der Waals surface area contributed by atoms with E-state index in [1.165, 1.54) is 11.1 Å². The molecule has 4 heteroatoms. The highest BCUT2D eigenvalue weighted by Gasteiger charge is 2.57. The van der Waals surface area contributed by atoms with Gasteiger partial charge in [-0.15, -0.1) is 0 Å². The molecule has 0 amide bonds. The molecule has 178 valence electrons. The van der Waals surface area contributed by atoms with Crippen molar-refractivity contribution in [2.24, 2.45) is 22.7 Å². The normalized spacial score (nSPS) is 32.4. The van der Waals surface area contributed by atoms with Gasteiger partial charge >= 0.3 is 0 Å². The highest BCUT2D eigenvalue weighted by atomic mass is 16.6. The molecule has 5 atom stereocenters. The molecule has 2 saturated carbocycles. The summed E-state index contributed by atoms with van der Waals surface area (Å²) in [6.45, 7) is 17.0. The molecule has 1 N–H and O–H groups in total. The number of aliphatic hydroxyl groups excluding tert-OH is 1. The van der Waals surface area contributed by atoms with Crippen LogP contribution in [0.3, 0.4) is 0 Å². The van der Waals surface area contributed by atoms with Gasteiger partial charge in [-0.3, -0.25) is 4.79 Å². The number of fused-ring (bicyclic) bond motifs is 1. The number of hydrogen-bond acceptors (Lipinski definition) is 4. The summed E-state index contributed by atoms with van der Waals surface area (Å²) in [4.78, 5) is 13.2. The van der Waals surface area contributed by atoms with Gasteiger partial charge in [-0.25, -0.2) is 0 Å². The van der Waals surface area contributed by atoms with E-state index < -0.39 is 0 Å². The number of aryl methyl sites for hydroxylation is 1. The second kappa shape index (κ2) is 9.21. The average Bonchev–Trinajstić information content (AvgIpc) is 2.73. The smallest absolute Gasteiger partial charge is 0.291 e. The SMILES string of the molecule is C=C1CC[C@H]2[C@](C)(CCC=C(C)C)[C@H](O)CC[C@]2(C)[C@@H]1Cc1c(OC)oc(C)c(C)c1=O. The van der Waals surface area contributed by atoms with Gasteiger partial charge in [-0.1, -0.05) is 37.6 Å². The molecule has 0 unspecified atom stereocenters. The van der Waals surface area contributed by atoms with Gasteiger partial charge in [-0.2, -0.15) is 0 Å². The lowest BCUT2D eigenvalue weighted by Gasteiger charge is -2.60. The van der Waals surface area contributed by atoms with Crippen LogP contribution in [0.4, 0.5) is 0 Å². The first-order chi connectivity index (χ1) is 15.0. The number of allylic oxidation sites excluding steroid dienone is 3. The first-order valence-corrected chi connectivity index (χ1v) is 12.1. The van der Waals surface area contributed by atoms with Crippen LogP contribution in [0.5, 0.6) is 5.95 Å². The van der Waals surface area contributed by atoms with Gasteiger partial charge in [0.25, 0.3) is 5.95 Å². The molecule has 0 bridgehead atoms. The molecule has 0 spiro atoms. The Balaban J connectivity index is 2.00. The number of rotatable bonds is 6. The molecule has 0 aliphatic heterocycles. The Morgan fingerprint density at radius 2 is 1.97 bits per heavy atom. The molecular formula is C28H42O4. The van der Waals surface area contributed by atoms with Crippen LogP contribution in [-0.2, 0) is 6.42 Å². The largest absolute Gasteiger partial charge is 0.468 e. The Hall–Kier alpha value is -1.81. The van der Waals surface area contributed by atoms with Crippen molar-refractivity contribution < 1.29 is 14.3 Å². The van der Waals surface area contributed by atoms with Crippen molar-refractivity contribution in [1.29, 1.82) is 0 Å². The number of aliphatic hydroxyl groups is 1. The predicted octanol–water partition coefficient (Wildman–Crippen LogP) is 6.30. The zero-order valence-corrected chi connectivity index (χ0v) is 21.1. The number of ether oxygens (including phenoxy) is 1. The zero-order valence-electron chi connectivity index (χ0n) is 21.1. The molecule has 0 saturated heterocycles. The maximum atomic E-state index is 13.2. The van der Waals surface area contributed by atoms with Gasteiger partial charge in [0.1, 0.15) is 5.76 Å². The standard InChI is InChI=1S/C28H42O4/c1-17(2)10-9-14-28(7)23-12-11-18(3)22(27(23,6)15-13-24(28)29)16-21-25(30)19(4)20(5)32-26(21)31-8/h10,22-24,29H,3,9,11-16H2,1-2,4-8H3/t22-,23-,24-,27-,28+/m1/s1. The van der Waals surface area contributed by atoms with E-state index in [0.717, 1.165) is 38.5 Å². The third-order valence-electron chi connectivity index (χ3n) is 8.82. The first kappa shape index (κ1) is 24.8. The molecule has 3 rings (SSSR count). The summed E-state index contributed by atoms with van der Waals surface area (Å²) in [6.07, 6.45) is 8.27. The van der Waals surface area contributed by atoms with Gasteiger partial charge in [-0.05, 0) is 95.3 Å². The van der Waals surface area contributed by atoms with Crippen LogP contribution in [0.25, 0.3) is 0 Å². The molecule has 0 radical (unpaired) electrons. The van der Waals surface area contributed by atoms with Gasteiger partial charge < -0.3 is 14.3 Å². The molecule has 0 aromatic carbocycles. The van der Waals surface area contributed by atoms with E-state index in [1.807, 2.05) is 6.92 Å². The minimum absolute atomic E-state index is 0.0197. The lowest BCUT2D eigenvalue weighted by atomic mass is 9.45. The number of methoxy groups -OCH3 is 1. The van der Waals surface area contributed by atoms with Crippen LogP contribution in [0.2, 0.25) is 0 Å². The fraction of sp³-hybridized carbons (Fsp3) is 0.679. The Morgan fingerprint density at radius 3 is 2.59 bits per heavy atom. The van der Waals surface area contributed by atoms with Crippen molar-refractivity contribution in [2.75, 3.05) is 7.11 Å². The highest BCUT2D eigenvalue weighted by molar-refractivity contribution is 5.33. The molecule has 2 fully saturated rings. The van der Waals surface area contributed by atoms with Gasteiger partial charge in [0.2, 0.25) is 0 Å². The van der Waals surface area contributed by atoms with E-state index in [2.05, 4.69) is 40.3 Å². The maximum absolute atomic E-state index is 13.2. The second-order valence-electron chi connectivity index (χ2n) is 11.0. The molecule has 32 heavy (non-hydrogen) atoms.